The second-order valence-electron chi connectivity index (χ2n) is 6.52. The number of halogens is 2. The molecule has 1 heterocycles. The maximum Gasteiger partial charge on any atom is 0.407 e. The second-order valence-corrected chi connectivity index (χ2v) is 7.37. The van der Waals surface area contributed by atoms with Crippen LogP contribution in [0.3, 0.4) is 0 Å². The maximum atomic E-state index is 13.3. The predicted octanol–water partition coefficient (Wildman–Crippen LogP) is 3.16. The molecule has 0 aliphatic carbocycles. The summed E-state index contributed by atoms with van der Waals surface area (Å²) >= 11 is 3.07. The molecular weight excluding hydrogens is 439 g/mol. The third-order valence-electron chi connectivity index (χ3n) is 3.08. The van der Waals surface area contributed by atoms with Crippen molar-refractivity contribution in [1.29, 1.82) is 0 Å². The SMILES string of the molecule is CC(C)(C)OC(=O)NCCNc1nonc1/C(=N/O)Nc1ccc(F)c(Br)c1. The minimum absolute atomic E-state index is 0.0673. The number of hydrogen-bond acceptors (Lipinski definition) is 8. The molecule has 0 spiro atoms. The first-order chi connectivity index (χ1) is 13.2. The number of benzene rings is 1. The van der Waals surface area contributed by atoms with Crippen LogP contribution >= 0.6 is 15.9 Å². The van der Waals surface area contributed by atoms with Crippen molar-refractivity contribution in [3.05, 3.63) is 34.2 Å². The molecule has 152 valence electrons. The Bertz CT molecular complexity index is 852. The van der Waals surface area contributed by atoms with E-state index in [4.69, 9.17) is 4.74 Å². The zero-order chi connectivity index (χ0) is 20.7. The van der Waals surface area contributed by atoms with E-state index in [0.29, 0.717) is 5.69 Å². The van der Waals surface area contributed by atoms with E-state index in [1.165, 1.54) is 18.2 Å². The number of anilines is 2. The third-order valence-corrected chi connectivity index (χ3v) is 3.69. The highest BCUT2D eigenvalue weighted by Crippen LogP contribution is 2.21. The van der Waals surface area contributed by atoms with Crippen LogP contribution in [0.5, 0.6) is 0 Å². The fourth-order valence-electron chi connectivity index (χ4n) is 1.96. The van der Waals surface area contributed by atoms with Gasteiger partial charge in [-0.2, -0.15) is 0 Å². The van der Waals surface area contributed by atoms with Gasteiger partial charge in [-0.1, -0.05) is 5.16 Å². The monoisotopic (exact) mass is 458 g/mol. The van der Waals surface area contributed by atoms with Crippen molar-refractivity contribution in [2.75, 3.05) is 23.7 Å². The van der Waals surface area contributed by atoms with Crippen LogP contribution in [-0.4, -0.2) is 46.1 Å². The Morgan fingerprint density at radius 1 is 1.36 bits per heavy atom. The van der Waals surface area contributed by atoms with Crippen molar-refractivity contribution >= 4 is 39.4 Å². The third kappa shape index (κ3) is 6.37. The molecule has 10 nitrogen and oxygen atoms in total. The zero-order valence-corrected chi connectivity index (χ0v) is 17.0. The van der Waals surface area contributed by atoms with Gasteiger partial charge < -0.3 is 25.9 Å². The number of carbonyl (C=O) groups excluding carboxylic acids is 1. The van der Waals surface area contributed by atoms with Gasteiger partial charge in [-0.05, 0) is 65.2 Å². The number of oxime groups is 1. The molecule has 1 amide bonds. The Kier molecular flexibility index (Phi) is 7.15. The minimum atomic E-state index is -0.589. The highest BCUT2D eigenvalue weighted by Gasteiger charge is 2.19. The number of ether oxygens (including phenoxy) is 1. The lowest BCUT2D eigenvalue weighted by atomic mass is 10.2. The lowest BCUT2D eigenvalue weighted by Gasteiger charge is -2.19. The van der Waals surface area contributed by atoms with Crippen molar-refractivity contribution in [2.45, 2.75) is 26.4 Å². The molecular formula is C16H20BrFN6O4. The lowest BCUT2D eigenvalue weighted by molar-refractivity contribution is 0.0530. The fourth-order valence-corrected chi connectivity index (χ4v) is 2.34. The summed E-state index contributed by atoms with van der Waals surface area (Å²) in [6.07, 6.45) is -0.547. The molecule has 0 saturated carbocycles. The summed E-state index contributed by atoms with van der Waals surface area (Å²) in [5.41, 5.74) is -0.0457. The van der Waals surface area contributed by atoms with Gasteiger partial charge in [0.05, 0.1) is 4.47 Å². The summed E-state index contributed by atoms with van der Waals surface area (Å²) in [5.74, 6) is -0.314. The van der Waals surface area contributed by atoms with E-state index in [-0.39, 0.29) is 34.9 Å². The van der Waals surface area contributed by atoms with Gasteiger partial charge in [-0.3, -0.25) is 0 Å². The molecule has 0 atom stereocenters. The molecule has 2 aromatic rings. The molecule has 0 saturated heterocycles. The Balaban J connectivity index is 1.94. The first-order valence-electron chi connectivity index (χ1n) is 8.17. The van der Waals surface area contributed by atoms with Gasteiger partial charge in [-0.25, -0.2) is 13.8 Å². The number of hydrogen-bond donors (Lipinski definition) is 4. The summed E-state index contributed by atoms with van der Waals surface area (Å²) in [6.45, 7) is 5.81. The molecule has 0 fully saturated rings. The van der Waals surface area contributed by atoms with Crippen LogP contribution in [0.25, 0.3) is 0 Å². The van der Waals surface area contributed by atoms with Crippen LogP contribution in [0.4, 0.5) is 20.7 Å². The van der Waals surface area contributed by atoms with E-state index < -0.39 is 17.5 Å². The van der Waals surface area contributed by atoms with Crippen LogP contribution in [0.1, 0.15) is 26.5 Å². The summed E-state index contributed by atoms with van der Waals surface area (Å²) in [5, 5.41) is 28.1. The Morgan fingerprint density at radius 2 is 2.11 bits per heavy atom. The van der Waals surface area contributed by atoms with E-state index in [0.717, 1.165) is 0 Å². The number of amidine groups is 1. The first kappa shape index (κ1) is 21.4. The molecule has 1 aromatic heterocycles. The number of rotatable bonds is 6. The minimum Gasteiger partial charge on any atom is -0.444 e. The van der Waals surface area contributed by atoms with Crippen LogP contribution in [0.2, 0.25) is 0 Å². The largest absolute Gasteiger partial charge is 0.444 e. The van der Waals surface area contributed by atoms with E-state index in [1.54, 1.807) is 20.8 Å². The van der Waals surface area contributed by atoms with Gasteiger partial charge in [0.2, 0.25) is 11.7 Å². The van der Waals surface area contributed by atoms with Gasteiger partial charge in [0.15, 0.2) is 5.69 Å². The number of nitrogens with zero attached hydrogens (tertiary/aromatic N) is 3. The Hall–Kier alpha value is -2.89. The smallest absolute Gasteiger partial charge is 0.407 e. The summed E-state index contributed by atoms with van der Waals surface area (Å²) in [6, 6.07) is 4.16. The maximum absolute atomic E-state index is 13.3. The van der Waals surface area contributed by atoms with Crippen molar-refractivity contribution in [2.24, 2.45) is 5.16 Å². The van der Waals surface area contributed by atoms with Gasteiger partial charge in [-0.15, -0.1) is 0 Å². The fraction of sp³-hybridized carbons (Fsp3) is 0.375. The van der Waals surface area contributed by atoms with Crippen molar-refractivity contribution in [3.8, 4) is 0 Å². The first-order valence-corrected chi connectivity index (χ1v) is 8.96. The molecule has 4 N–H and O–H groups in total. The summed E-state index contributed by atoms with van der Waals surface area (Å²) in [7, 11) is 0. The molecule has 0 unspecified atom stereocenters. The van der Waals surface area contributed by atoms with Crippen LogP contribution < -0.4 is 16.0 Å². The van der Waals surface area contributed by atoms with Crippen molar-refractivity contribution in [3.63, 3.8) is 0 Å². The topological polar surface area (TPSA) is 134 Å². The standard InChI is InChI=1S/C16H20BrFN6O4/c1-16(2,3)27-15(25)20-7-6-19-13-12(23-28-24-13)14(22-26)21-9-4-5-11(18)10(17)8-9/h4-5,8,26H,6-7H2,1-3H3,(H,19,24)(H,20,25)(H,21,22). The molecule has 0 radical (unpaired) electrons. The van der Waals surface area contributed by atoms with Crippen molar-refractivity contribution in [1.82, 2.24) is 15.6 Å². The van der Waals surface area contributed by atoms with Gasteiger partial charge >= 0.3 is 6.09 Å². The van der Waals surface area contributed by atoms with E-state index >= 15 is 0 Å². The van der Waals surface area contributed by atoms with Gasteiger partial charge in [0, 0.05) is 18.8 Å². The predicted molar refractivity (Wildman–Crippen MR) is 103 cm³/mol. The highest BCUT2D eigenvalue weighted by atomic mass is 79.9. The molecule has 0 bridgehead atoms. The molecule has 1 aromatic carbocycles. The number of amides is 1. The Labute approximate surface area is 168 Å². The van der Waals surface area contributed by atoms with Crippen LogP contribution in [0.15, 0.2) is 32.5 Å². The molecule has 0 aliphatic heterocycles. The average molecular weight is 459 g/mol. The van der Waals surface area contributed by atoms with Crippen LogP contribution in [0, 0.1) is 5.82 Å². The normalized spacial score (nSPS) is 11.8. The van der Waals surface area contributed by atoms with E-state index in [2.05, 4.69) is 52.0 Å². The number of alkyl carbamates (subject to hydrolysis) is 1. The average Bonchev–Trinajstić information content (AvgIpc) is 3.06. The number of nitrogens with one attached hydrogen (secondary N) is 3. The van der Waals surface area contributed by atoms with Crippen LogP contribution in [-0.2, 0) is 4.74 Å². The van der Waals surface area contributed by atoms with E-state index in [1.807, 2.05) is 0 Å². The highest BCUT2D eigenvalue weighted by molar-refractivity contribution is 9.10. The van der Waals surface area contributed by atoms with Gasteiger partial charge in [0.1, 0.15) is 11.4 Å². The number of carbonyl (C=O) groups is 1. The molecule has 28 heavy (non-hydrogen) atoms. The Morgan fingerprint density at radius 3 is 2.75 bits per heavy atom. The summed E-state index contributed by atoms with van der Waals surface area (Å²) in [4.78, 5) is 11.6. The molecule has 0 aliphatic rings. The van der Waals surface area contributed by atoms with Crippen molar-refractivity contribution < 1.29 is 23.8 Å². The zero-order valence-electron chi connectivity index (χ0n) is 15.4. The molecule has 2 rings (SSSR count). The lowest BCUT2D eigenvalue weighted by Crippen LogP contribution is -2.35. The second kappa shape index (κ2) is 9.35. The quantitative estimate of drug-likeness (QED) is 0.170. The molecule has 12 heteroatoms. The van der Waals surface area contributed by atoms with E-state index in [9.17, 15) is 14.4 Å². The summed E-state index contributed by atoms with van der Waals surface area (Å²) < 4.78 is 23.4. The van der Waals surface area contributed by atoms with Gasteiger partial charge in [0.25, 0.3) is 0 Å². The number of aromatic nitrogens is 2.